The lowest BCUT2D eigenvalue weighted by atomic mass is 10.1. The van der Waals surface area contributed by atoms with Crippen LogP contribution in [0.1, 0.15) is 15.9 Å². The molecule has 2 aromatic rings. The van der Waals surface area contributed by atoms with Crippen LogP contribution in [0, 0.1) is 11.6 Å². The van der Waals surface area contributed by atoms with Crippen LogP contribution in [0.2, 0.25) is 0 Å². The van der Waals surface area contributed by atoms with Gasteiger partial charge in [-0.25, -0.2) is 8.78 Å². The molecule has 0 spiro atoms. The van der Waals surface area contributed by atoms with Crippen LogP contribution >= 0.6 is 0 Å². The molecule has 0 aliphatic heterocycles. The average Bonchev–Trinajstić information content (AvgIpc) is 2.41. The van der Waals surface area contributed by atoms with Gasteiger partial charge in [0.1, 0.15) is 0 Å². The van der Waals surface area contributed by atoms with Crippen molar-refractivity contribution in [3.63, 3.8) is 0 Å². The smallest absolute Gasteiger partial charge is 0.254 e. The van der Waals surface area contributed by atoms with Crippen LogP contribution in [0.4, 0.5) is 14.5 Å². The van der Waals surface area contributed by atoms with E-state index in [0.717, 1.165) is 11.6 Å². The maximum absolute atomic E-state index is 13.4. The molecular formula is C14H12F2N2O. The van der Waals surface area contributed by atoms with Crippen LogP contribution in [-0.4, -0.2) is 5.91 Å². The second-order valence-corrected chi connectivity index (χ2v) is 4.03. The summed E-state index contributed by atoms with van der Waals surface area (Å²) in [5.41, 5.74) is 6.66. The second-order valence-electron chi connectivity index (χ2n) is 4.03. The van der Waals surface area contributed by atoms with Gasteiger partial charge in [-0.05, 0) is 29.8 Å². The lowest BCUT2D eigenvalue weighted by molar-refractivity contribution is 0.0946. The third-order valence-corrected chi connectivity index (χ3v) is 2.63. The Kier molecular flexibility index (Phi) is 3.75. The Morgan fingerprint density at radius 3 is 2.47 bits per heavy atom. The number of nitrogens with two attached hydrogens (primary N) is 1. The van der Waals surface area contributed by atoms with Gasteiger partial charge in [0, 0.05) is 12.2 Å². The molecule has 0 bridgehead atoms. The molecule has 0 saturated heterocycles. The van der Waals surface area contributed by atoms with Gasteiger partial charge in [-0.1, -0.05) is 18.2 Å². The lowest BCUT2D eigenvalue weighted by Crippen LogP contribution is -2.24. The van der Waals surface area contributed by atoms with E-state index in [1.54, 1.807) is 24.3 Å². The van der Waals surface area contributed by atoms with Crippen LogP contribution in [0.15, 0.2) is 42.5 Å². The zero-order valence-electron chi connectivity index (χ0n) is 9.99. The van der Waals surface area contributed by atoms with Crippen molar-refractivity contribution in [1.82, 2.24) is 5.32 Å². The van der Waals surface area contributed by atoms with Crippen molar-refractivity contribution >= 4 is 11.6 Å². The Labute approximate surface area is 109 Å². The van der Waals surface area contributed by atoms with E-state index < -0.39 is 17.5 Å². The van der Waals surface area contributed by atoms with Crippen LogP contribution in [0.25, 0.3) is 0 Å². The molecule has 2 rings (SSSR count). The fraction of sp³-hybridized carbons (Fsp3) is 0.0714. The summed E-state index contributed by atoms with van der Waals surface area (Å²) in [4.78, 5) is 11.7. The molecule has 3 nitrogen and oxygen atoms in total. The minimum Gasteiger partial charge on any atom is -0.399 e. The Balaban J connectivity index is 2.05. The van der Waals surface area contributed by atoms with Gasteiger partial charge in [0.25, 0.3) is 5.91 Å². The highest BCUT2D eigenvalue weighted by atomic mass is 19.2. The van der Waals surface area contributed by atoms with Crippen LogP contribution in [0.5, 0.6) is 0 Å². The van der Waals surface area contributed by atoms with Gasteiger partial charge in [0.2, 0.25) is 0 Å². The summed E-state index contributed by atoms with van der Waals surface area (Å²) in [6, 6.07) is 10.4. The first-order valence-corrected chi connectivity index (χ1v) is 5.64. The third-order valence-electron chi connectivity index (χ3n) is 2.63. The van der Waals surface area contributed by atoms with Crippen molar-refractivity contribution in [3.05, 3.63) is 65.2 Å². The number of anilines is 1. The fourth-order valence-corrected chi connectivity index (χ4v) is 1.59. The number of halogens is 2. The highest BCUT2D eigenvalue weighted by molar-refractivity contribution is 5.94. The molecule has 0 fully saturated rings. The molecule has 98 valence electrons. The summed E-state index contributed by atoms with van der Waals surface area (Å²) in [5, 5.41) is 2.52. The first-order valence-electron chi connectivity index (χ1n) is 5.64. The van der Waals surface area contributed by atoms with E-state index >= 15 is 0 Å². The molecular weight excluding hydrogens is 250 g/mol. The molecule has 5 heteroatoms. The van der Waals surface area contributed by atoms with Crippen LogP contribution < -0.4 is 11.1 Å². The molecule has 0 aliphatic rings. The minimum atomic E-state index is -1.14. The average molecular weight is 262 g/mol. The van der Waals surface area contributed by atoms with Gasteiger partial charge in [-0.3, -0.25) is 4.79 Å². The van der Waals surface area contributed by atoms with Gasteiger partial charge in [-0.15, -0.1) is 0 Å². The number of amides is 1. The number of nitrogens with one attached hydrogen (secondary N) is 1. The minimum absolute atomic E-state index is 0.217. The quantitative estimate of drug-likeness (QED) is 0.835. The Morgan fingerprint density at radius 2 is 1.79 bits per heavy atom. The van der Waals surface area contributed by atoms with E-state index in [0.29, 0.717) is 5.69 Å². The Morgan fingerprint density at radius 1 is 1.11 bits per heavy atom. The van der Waals surface area contributed by atoms with E-state index in [-0.39, 0.29) is 12.1 Å². The van der Waals surface area contributed by atoms with E-state index in [9.17, 15) is 13.6 Å². The normalized spacial score (nSPS) is 10.2. The topological polar surface area (TPSA) is 55.1 Å². The summed E-state index contributed by atoms with van der Waals surface area (Å²) >= 11 is 0. The zero-order valence-corrected chi connectivity index (χ0v) is 9.99. The van der Waals surface area contributed by atoms with Crippen LogP contribution in [0.3, 0.4) is 0 Å². The molecule has 0 heterocycles. The van der Waals surface area contributed by atoms with Gasteiger partial charge < -0.3 is 11.1 Å². The second kappa shape index (κ2) is 5.48. The van der Waals surface area contributed by atoms with Crippen molar-refractivity contribution in [3.8, 4) is 0 Å². The van der Waals surface area contributed by atoms with E-state index in [1.807, 2.05) is 0 Å². The highest BCUT2D eigenvalue weighted by Crippen LogP contribution is 2.11. The predicted molar refractivity (Wildman–Crippen MR) is 68.4 cm³/mol. The monoisotopic (exact) mass is 262 g/mol. The molecule has 0 atom stereocenters. The number of benzene rings is 2. The SMILES string of the molecule is Nc1ccc(CNC(=O)c2cccc(F)c2F)cc1. The molecule has 0 radical (unpaired) electrons. The maximum atomic E-state index is 13.4. The zero-order chi connectivity index (χ0) is 13.8. The number of nitrogen functional groups attached to an aromatic ring is 1. The van der Waals surface area contributed by atoms with Crippen molar-refractivity contribution in [2.24, 2.45) is 0 Å². The van der Waals surface area contributed by atoms with E-state index in [1.165, 1.54) is 12.1 Å². The molecule has 0 aliphatic carbocycles. The van der Waals surface area contributed by atoms with Gasteiger partial charge in [0.05, 0.1) is 5.56 Å². The standard InChI is InChI=1S/C14H12F2N2O/c15-12-3-1-2-11(13(12)16)14(19)18-8-9-4-6-10(17)7-5-9/h1-7H,8,17H2,(H,18,19). The molecule has 19 heavy (non-hydrogen) atoms. The van der Waals surface area contributed by atoms with Crippen molar-refractivity contribution < 1.29 is 13.6 Å². The molecule has 0 unspecified atom stereocenters. The van der Waals surface area contributed by atoms with Crippen molar-refractivity contribution in [1.29, 1.82) is 0 Å². The lowest BCUT2D eigenvalue weighted by Gasteiger charge is -2.07. The number of rotatable bonds is 3. The third kappa shape index (κ3) is 3.07. The largest absolute Gasteiger partial charge is 0.399 e. The maximum Gasteiger partial charge on any atom is 0.254 e. The number of carbonyl (C=O) groups excluding carboxylic acids is 1. The molecule has 0 aromatic heterocycles. The Hall–Kier alpha value is -2.43. The van der Waals surface area contributed by atoms with Gasteiger partial charge in [0.15, 0.2) is 11.6 Å². The molecule has 1 amide bonds. The summed E-state index contributed by atoms with van der Waals surface area (Å²) in [6.07, 6.45) is 0. The first kappa shape index (κ1) is 13.0. The molecule has 3 N–H and O–H groups in total. The summed E-state index contributed by atoms with van der Waals surface area (Å²) in [6.45, 7) is 0.217. The first-order chi connectivity index (χ1) is 9.08. The number of hydrogen-bond donors (Lipinski definition) is 2. The van der Waals surface area contributed by atoms with Crippen LogP contribution in [-0.2, 0) is 6.54 Å². The number of hydrogen-bond acceptors (Lipinski definition) is 2. The fourth-order valence-electron chi connectivity index (χ4n) is 1.59. The summed E-state index contributed by atoms with van der Waals surface area (Å²) < 4.78 is 26.4. The predicted octanol–water partition coefficient (Wildman–Crippen LogP) is 2.48. The summed E-state index contributed by atoms with van der Waals surface area (Å²) in [5.74, 6) is -2.84. The summed E-state index contributed by atoms with van der Waals surface area (Å²) in [7, 11) is 0. The Bertz CT molecular complexity index is 597. The number of carbonyl (C=O) groups is 1. The van der Waals surface area contributed by atoms with E-state index in [4.69, 9.17) is 5.73 Å². The van der Waals surface area contributed by atoms with Crippen molar-refractivity contribution in [2.45, 2.75) is 6.54 Å². The molecule has 2 aromatic carbocycles. The van der Waals surface area contributed by atoms with Gasteiger partial charge in [-0.2, -0.15) is 0 Å². The molecule has 0 saturated carbocycles. The van der Waals surface area contributed by atoms with Crippen molar-refractivity contribution in [2.75, 3.05) is 5.73 Å². The highest BCUT2D eigenvalue weighted by Gasteiger charge is 2.14. The van der Waals surface area contributed by atoms with E-state index in [2.05, 4.69) is 5.32 Å². The van der Waals surface area contributed by atoms with Gasteiger partial charge >= 0.3 is 0 Å².